The minimum atomic E-state index is -3.21. The highest BCUT2D eigenvalue weighted by Crippen LogP contribution is 2.40. The van der Waals surface area contributed by atoms with Gasteiger partial charge in [-0.05, 0) is 44.4 Å². The summed E-state index contributed by atoms with van der Waals surface area (Å²) in [6.07, 6.45) is 6.14. The molecule has 0 atom stereocenters. The average molecular weight is 270 g/mol. The van der Waals surface area contributed by atoms with Crippen molar-refractivity contribution in [3.63, 3.8) is 0 Å². The van der Waals surface area contributed by atoms with Gasteiger partial charge in [0.2, 0.25) is 10.0 Å². The van der Waals surface area contributed by atoms with E-state index in [-0.39, 0.29) is 5.75 Å². The fraction of sp³-hybridized carbons (Fsp3) is 0.923. The van der Waals surface area contributed by atoms with E-state index in [1.54, 1.807) is 0 Å². The number of hydrogen-bond donors (Lipinski definition) is 0. The molecule has 1 saturated heterocycles. The van der Waals surface area contributed by atoms with Gasteiger partial charge in [0.05, 0.1) is 11.8 Å². The quantitative estimate of drug-likeness (QED) is 0.773. The van der Waals surface area contributed by atoms with Gasteiger partial charge in [-0.15, -0.1) is 0 Å². The van der Waals surface area contributed by atoms with E-state index in [0.717, 1.165) is 32.1 Å². The van der Waals surface area contributed by atoms with Crippen molar-refractivity contribution in [2.75, 3.05) is 12.3 Å². The minimum Gasteiger partial charge on any atom is -0.212 e. The SMILES string of the molecule is CCC1CCC(C#N)(N2CCCCS2(=O)=O)CC1. The summed E-state index contributed by atoms with van der Waals surface area (Å²) in [4.78, 5) is 0. The lowest BCUT2D eigenvalue weighted by Gasteiger charge is -2.43. The molecule has 5 heteroatoms. The molecular weight excluding hydrogens is 248 g/mol. The Labute approximate surface area is 110 Å². The Morgan fingerprint density at radius 3 is 2.50 bits per heavy atom. The predicted molar refractivity (Wildman–Crippen MR) is 70.3 cm³/mol. The molecule has 0 amide bonds. The van der Waals surface area contributed by atoms with E-state index in [1.807, 2.05) is 0 Å². The summed E-state index contributed by atoms with van der Waals surface area (Å²) in [5.74, 6) is 0.882. The maximum atomic E-state index is 12.2. The van der Waals surface area contributed by atoms with E-state index >= 15 is 0 Å². The first-order valence-corrected chi connectivity index (χ1v) is 8.57. The second-order valence-corrected chi connectivity index (χ2v) is 7.60. The zero-order valence-electron chi connectivity index (χ0n) is 11.1. The van der Waals surface area contributed by atoms with Crippen LogP contribution in [0.5, 0.6) is 0 Å². The molecule has 1 aliphatic carbocycles. The Morgan fingerprint density at radius 2 is 2.00 bits per heavy atom. The molecule has 1 aliphatic heterocycles. The van der Waals surface area contributed by atoms with Crippen LogP contribution in [0.3, 0.4) is 0 Å². The lowest BCUT2D eigenvalue weighted by molar-refractivity contribution is 0.147. The van der Waals surface area contributed by atoms with Gasteiger partial charge in [0.25, 0.3) is 0 Å². The molecule has 0 unspecified atom stereocenters. The van der Waals surface area contributed by atoms with Crippen LogP contribution in [0.2, 0.25) is 0 Å². The van der Waals surface area contributed by atoms with Gasteiger partial charge in [-0.1, -0.05) is 13.3 Å². The zero-order valence-corrected chi connectivity index (χ0v) is 11.9. The van der Waals surface area contributed by atoms with Crippen LogP contribution < -0.4 is 0 Å². The highest BCUT2D eigenvalue weighted by atomic mass is 32.2. The Balaban J connectivity index is 2.21. The van der Waals surface area contributed by atoms with Crippen LogP contribution in [0.25, 0.3) is 0 Å². The Hall–Kier alpha value is -0.600. The third-order valence-corrected chi connectivity index (χ3v) is 6.55. The summed E-state index contributed by atoms with van der Waals surface area (Å²) >= 11 is 0. The van der Waals surface area contributed by atoms with Crippen molar-refractivity contribution in [2.45, 2.75) is 57.4 Å². The van der Waals surface area contributed by atoms with Crippen molar-refractivity contribution in [2.24, 2.45) is 5.92 Å². The molecule has 0 N–H and O–H groups in total. The first kappa shape index (κ1) is 13.8. The van der Waals surface area contributed by atoms with Gasteiger partial charge < -0.3 is 0 Å². The van der Waals surface area contributed by atoms with Crippen molar-refractivity contribution in [3.05, 3.63) is 0 Å². The molecule has 0 spiro atoms. The molecule has 102 valence electrons. The number of nitrogens with zero attached hydrogens (tertiary/aromatic N) is 2. The molecule has 1 saturated carbocycles. The van der Waals surface area contributed by atoms with E-state index in [9.17, 15) is 13.7 Å². The summed E-state index contributed by atoms with van der Waals surface area (Å²) in [5.41, 5.74) is -0.745. The fourth-order valence-corrected chi connectivity index (χ4v) is 5.20. The maximum Gasteiger partial charge on any atom is 0.215 e. The van der Waals surface area contributed by atoms with Gasteiger partial charge in [-0.2, -0.15) is 9.57 Å². The number of sulfonamides is 1. The third-order valence-electron chi connectivity index (χ3n) is 4.54. The van der Waals surface area contributed by atoms with Crippen LogP contribution >= 0.6 is 0 Å². The van der Waals surface area contributed by atoms with Crippen LogP contribution in [-0.2, 0) is 10.0 Å². The van der Waals surface area contributed by atoms with Crippen molar-refractivity contribution in [1.82, 2.24) is 4.31 Å². The number of nitriles is 1. The van der Waals surface area contributed by atoms with Gasteiger partial charge in [-0.3, -0.25) is 0 Å². The molecule has 1 heterocycles. The standard InChI is InChI=1S/C13H22N2O2S/c1-2-12-5-7-13(11-14,8-6-12)15-9-3-4-10-18(15,16)17/h12H,2-10H2,1H3. The molecule has 0 aromatic heterocycles. The summed E-state index contributed by atoms with van der Waals surface area (Å²) in [7, 11) is -3.21. The van der Waals surface area contributed by atoms with Crippen LogP contribution in [0, 0.1) is 17.2 Å². The molecule has 2 rings (SSSR count). The highest BCUT2D eigenvalue weighted by Gasteiger charge is 2.46. The molecule has 4 nitrogen and oxygen atoms in total. The van der Waals surface area contributed by atoms with Gasteiger partial charge in [0, 0.05) is 6.54 Å². The van der Waals surface area contributed by atoms with Crippen LogP contribution in [0.4, 0.5) is 0 Å². The summed E-state index contributed by atoms with van der Waals surface area (Å²) in [6.45, 7) is 2.70. The average Bonchev–Trinajstić information content (AvgIpc) is 2.38. The molecular formula is C13H22N2O2S. The monoisotopic (exact) mass is 270 g/mol. The fourth-order valence-electron chi connectivity index (χ4n) is 3.25. The molecule has 0 aromatic carbocycles. The molecule has 2 aliphatic rings. The summed E-state index contributed by atoms with van der Waals surface area (Å²) in [5, 5.41) is 9.53. The lowest BCUT2D eigenvalue weighted by atomic mass is 9.76. The largest absolute Gasteiger partial charge is 0.215 e. The van der Waals surface area contributed by atoms with Crippen LogP contribution in [0.15, 0.2) is 0 Å². The first-order valence-electron chi connectivity index (χ1n) is 6.96. The third kappa shape index (κ3) is 2.41. The van der Waals surface area contributed by atoms with Gasteiger partial charge in [0.1, 0.15) is 5.54 Å². The number of rotatable bonds is 2. The number of hydrogen-bond acceptors (Lipinski definition) is 3. The van der Waals surface area contributed by atoms with E-state index in [1.165, 1.54) is 4.31 Å². The molecule has 0 bridgehead atoms. The van der Waals surface area contributed by atoms with Gasteiger partial charge in [0.15, 0.2) is 0 Å². The Bertz CT molecular complexity index is 430. The van der Waals surface area contributed by atoms with Gasteiger partial charge >= 0.3 is 0 Å². The van der Waals surface area contributed by atoms with E-state index in [2.05, 4.69) is 13.0 Å². The summed E-state index contributed by atoms with van der Waals surface area (Å²) in [6, 6.07) is 2.33. The van der Waals surface area contributed by atoms with Gasteiger partial charge in [-0.25, -0.2) is 8.42 Å². The second-order valence-electron chi connectivity index (χ2n) is 5.59. The zero-order chi connectivity index (χ0) is 13.2. The van der Waals surface area contributed by atoms with Crippen LogP contribution in [-0.4, -0.2) is 30.6 Å². The normalized spacial score (nSPS) is 37.0. The van der Waals surface area contributed by atoms with Crippen molar-refractivity contribution in [1.29, 1.82) is 5.26 Å². The topological polar surface area (TPSA) is 61.2 Å². The van der Waals surface area contributed by atoms with Crippen molar-refractivity contribution >= 4 is 10.0 Å². The molecule has 0 aromatic rings. The molecule has 2 fully saturated rings. The molecule has 18 heavy (non-hydrogen) atoms. The summed E-state index contributed by atoms with van der Waals surface area (Å²) < 4.78 is 25.9. The maximum absolute atomic E-state index is 12.2. The van der Waals surface area contributed by atoms with Crippen LogP contribution in [0.1, 0.15) is 51.9 Å². The van der Waals surface area contributed by atoms with Crippen molar-refractivity contribution in [3.8, 4) is 6.07 Å². The second kappa shape index (κ2) is 5.18. The smallest absolute Gasteiger partial charge is 0.212 e. The lowest BCUT2D eigenvalue weighted by Crippen LogP contribution is -2.55. The van der Waals surface area contributed by atoms with E-state index < -0.39 is 15.6 Å². The highest BCUT2D eigenvalue weighted by molar-refractivity contribution is 7.89. The Morgan fingerprint density at radius 1 is 1.33 bits per heavy atom. The van der Waals surface area contributed by atoms with Crippen molar-refractivity contribution < 1.29 is 8.42 Å². The Kier molecular flexibility index (Phi) is 3.98. The predicted octanol–water partition coefficient (Wildman–Crippen LogP) is 2.27. The minimum absolute atomic E-state index is 0.216. The first-order chi connectivity index (χ1) is 8.54. The van der Waals surface area contributed by atoms with E-state index in [4.69, 9.17) is 0 Å². The molecule has 0 radical (unpaired) electrons. The van der Waals surface area contributed by atoms with E-state index in [0.29, 0.717) is 25.3 Å².